The molecule has 0 N–H and O–H groups in total. The molecule has 1 amide bonds. The molecule has 0 unspecified atom stereocenters. The number of likely N-dealkylation sites (N-methyl/N-ethyl adjacent to an activating group) is 1. The lowest BCUT2D eigenvalue weighted by molar-refractivity contribution is -0.162. The largest absolute Gasteiger partial charge is 0.343 e. The van der Waals surface area contributed by atoms with Crippen LogP contribution in [-0.4, -0.2) is 37.3 Å². The first-order valence-corrected chi connectivity index (χ1v) is 6.92. The molecule has 1 fully saturated rings. The highest BCUT2D eigenvalue weighted by molar-refractivity contribution is 5.90. The highest BCUT2D eigenvalue weighted by Crippen LogP contribution is 2.30. The molecule has 1 aromatic carbocycles. The lowest BCUT2D eigenvalue weighted by Gasteiger charge is -2.11. The van der Waals surface area contributed by atoms with Crippen LogP contribution < -0.4 is 0 Å². The van der Waals surface area contributed by atoms with Gasteiger partial charge >= 0.3 is 0 Å². The van der Waals surface area contributed by atoms with E-state index >= 15 is 0 Å². The highest BCUT2D eigenvalue weighted by Gasteiger charge is 2.30. The first-order chi connectivity index (χ1) is 10.0. The quantitative estimate of drug-likeness (QED) is 0.632. The summed E-state index contributed by atoms with van der Waals surface area (Å²) in [5.41, 5.74) is 1.90. The van der Waals surface area contributed by atoms with E-state index in [0.29, 0.717) is 0 Å². The third kappa shape index (κ3) is 3.91. The zero-order chi connectivity index (χ0) is 15.4. The molecular formula is C16H21NO4. The molecule has 1 aliphatic heterocycles. The zero-order valence-corrected chi connectivity index (χ0v) is 12.8. The minimum absolute atomic E-state index is 0.0942. The van der Waals surface area contributed by atoms with E-state index in [4.69, 9.17) is 14.3 Å². The molecule has 1 aromatic rings. The van der Waals surface area contributed by atoms with Crippen LogP contribution >= 0.6 is 0 Å². The van der Waals surface area contributed by atoms with Crippen LogP contribution in [-0.2, 0) is 19.1 Å². The zero-order valence-electron chi connectivity index (χ0n) is 12.8. The summed E-state index contributed by atoms with van der Waals surface area (Å²) in [6.45, 7) is 4.00. The average Bonchev–Trinajstić information content (AvgIpc) is 2.84. The molecule has 5 nitrogen and oxygen atoms in total. The number of hydrogen-bond acceptors (Lipinski definition) is 4. The first-order valence-electron chi connectivity index (χ1n) is 6.92. The molecule has 5 heteroatoms. The van der Waals surface area contributed by atoms with E-state index < -0.39 is 0 Å². The molecule has 0 aromatic heterocycles. The third-order valence-corrected chi connectivity index (χ3v) is 3.55. The Morgan fingerprint density at radius 1 is 1.19 bits per heavy atom. The minimum Gasteiger partial charge on any atom is -0.343 e. The summed E-state index contributed by atoms with van der Waals surface area (Å²) < 4.78 is 11.5. The average molecular weight is 291 g/mol. The topological polar surface area (TPSA) is 48.0 Å². The van der Waals surface area contributed by atoms with Crippen molar-refractivity contribution in [3.63, 3.8) is 0 Å². The van der Waals surface area contributed by atoms with Crippen LogP contribution in [0, 0.1) is 0 Å². The van der Waals surface area contributed by atoms with Crippen molar-refractivity contribution in [3.05, 3.63) is 41.5 Å². The van der Waals surface area contributed by atoms with Gasteiger partial charge in [-0.1, -0.05) is 24.3 Å². The van der Waals surface area contributed by atoms with Gasteiger partial charge in [-0.2, -0.15) is 0 Å². The number of carbonyl (C=O) groups is 1. The van der Waals surface area contributed by atoms with Gasteiger partial charge in [-0.15, -0.1) is 0 Å². The van der Waals surface area contributed by atoms with Gasteiger partial charge in [0.1, 0.15) is 0 Å². The summed E-state index contributed by atoms with van der Waals surface area (Å²) in [7, 11) is 3.01. The van der Waals surface area contributed by atoms with Gasteiger partial charge in [0.25, 0.3) is 5.91 Å². The number of rotatable bonds is 4. The Labute approximate surface area is 125 Å². The molecular weight excluding hydrogens is 270 g/mol. The molecule has 114 valence electrons. The fourth-order valence-electron chi connectivity index (χ4n) is 1.93. The Balaban J connectivity index is 1.99. The van der Waals surface area contributed by atoms with Gasteiger partial charge in [0.2, 0.25) is 0 Å². The van der Waals surface area contributed by atoms with E-state index in [1.807, 2.05) is 38.1 Å². The summed E-state index contributed by atoms with van der Waals surface area (Å²) in [4.78, 5) is 16.4. The van der Waals surface area contributed by atoms with E-state index in [9.17, 15) is 4.79 Å². The van der Waals surface area contributed by atoms with Crippen LogP contribution in [0.4, 0.5) is 0 Å². The molecule has 0 bridgehead atoms. The van der Waals surface area contributed by atoms with Crippen molar-refractivity contribution in [3.8, 4) is 0 Å². The Bertz CT molecular complexity index is 502. The molecule has 0 saturated carbocycles. The van der Waals surface area contributed by atoms with E-state index in [1.165, 1.54) is 13.2 Å². The summed E-state index contributed by atoms with van der Waals surface area (Å²) in [6.07, 6.45) is 3.08. The molecule has 1 saturated heterocycles. The number of carbonyl (C=O) groups excluding carboxylic acids is 1. The Morgan fingerprint density at radius 3 is 2.29 bits per heavy atom. The van der Waals surface area contributed by atoms with Crippen molar-refractivity contribution in [2.75, 3.05) is 14.2 Å². The summed E-state index contributed by atoms with van der Waals surface area (Å²) in [5.74, 6) is -0.216. The lowest BCUT2D eigenvalue weighted by atomic mass is 10.1. The predicted octanol–water partition coefficient (Wildman–Crippen LogP) is 2.54. The second-order valence-electron chi connectivity index (χ2n) is 5.03. The molecule has 1 heterocycles. The van der Waals surface area contributed by atoms with Crippen LogP contribution in [0.25, 0.3) is 6.08 Å². The maximum absolute atomic E-state index is 11.6. The molecule has 2 atom stereocenters. The van der Waals surface area contributed by atoms with E-state index in [0.717, 1.165) is 16.2 Å². The van der Waals surface area contributed by atoms with Crippen molar-refractivity contribution in [2.45, 2.75) is 32.3 Å². The molecule has 0 spiro atoms. The lowest BCUT2D eigenvalue weighted by Crippen LogP contribution is -2.22. The summed E-state index contributed by atoms with van der Waals surface area (Å²) in [5, 5.41) is 1.16. The van der Waals surface area contributed by atoms with Gasteiger partial charge < -0.3 is 9.47 Å². The second-order valence-corrected chi connectivity index (χ2v) is 5.03. The number of benzene rings is 1. The van der Waals surface area contributed by atoms with Crippen molar-refractivity contribution in [2.24, 2.45) is 0 Å². The van der Waals surface area contributed by atoms with Crippen molar-refractivity contribution in [1.29, 1.82) is 0 Å². The number of amides is 1. The van der Waals surface area contributed by atoms with Crippen molar-refractivity contribution in [1.82, 2.24) is 5.06 Å². The Kier molecular flexibility index (Phi) is 5.12. The smallest absolute Gasteiger partial charge is 0.269 e. The number of nitrogens with zero attached hydrogens (tertiary/aromatic N) is 1. The van der Waals surface area contributed by atoms with Crippen molar-refractivity contribution >= 4 is 12.0 Å². The van der Waals surface area contributed by atoms with Crippen LogP contribution in [0.15, 0.2) is 30.3 Å². The maximum Gasteiger partial charge on any atom is 0.269 e. The van der Waals surface area contributed by atoms with Crippen LogP contribution in [0.2, 0.25) is 0 Å². The number of hydroxylamine groups is 2. The van der Waals surface area contributed by atoms with E-state index in [2.05, 4.69) is 0 Å². The van der Waals surface area contributed by atoms with Crippen LogP contribution in [0.1, 0.15) is 31.3 Å². The normalized spacial score (nSPS) is 22.9. The van der Waals surface area contributed by atoms with Gasteiger partial charge in [0.05, 0.1) is 19.3 Å². The van der Waals surface area contributed by atoms with Gasteiger partial charge in [-0.25, -0.2) is 5.06 Å². The highest BCUT2D eigenvalue weighted by atomic mass is 16.7. The van der Waals surface area contributed by atoms with Gasteiger partial charge in [-0.05, 0) is 25.5 Å². The summed E-state index contributed by atoms with van der Waals surface area (Å²) >= 11 is 0. The second kappa shape index (κ2) is 6.85. The Morgan fingerprint density at radius 2 is 1.76 bits per heavy atom. The van der Waals surface area contributed by atoms with Gasteiger partial charge in [-0.3, -0.25) is 9.63 Å². The van der Waals surface area contributed by atoms with E-state index in [-0.39, 0.29) is 24.4 Å². The molecule has 2 rings (SSSR count). The SMILES string of the molecule is CON(C)C(=O)/C=C/c1ccc(C2O[C@@H](C)[C@H](C)O2)cc1. The molecule has 0 aliphatic carbocycles. The fraction of sp³-hybridized carbons (Fsp3) is 0.438. The number of hydrogen-bond donors (Lipinski definition) is 0. The van der Waals surface area contributed by atoms with E-state index in [1.54, 1.807) is 13.1 Å². The number of ether oxygens (including phenoxy) is 2. The summed E-state index contributed by atoms with van der Waals surface area (Å²) in [6, 6.07) is 7.73. The monoisotopic (exact) mass is 291 g/mol. The molecule has 1 aliphatic rings. The first kappa shape index (κ1) is 15.7. The molecule has 21 heavy (non-hydrogen) atoms. The van der Waals surface area contributed by atoms with Crippen molar-refractivity contribution < 1.29 is 19.1 Å². The van der Waals surface area contributed by atoms with Gasteiger partial charge in [0.15, 0.2) is 6.29 Å². The predicted molar refractivity (Wildman–Crippen MR) is 79.1 cm³/mol. The van der Waals surface area contributed by atoms with Crippen LogP contribution in [0.3, 0.4) is 0 Å². The third-order valence-electron chi connectivity index (χ3n) is 3.55. The maximum atomic E-state index is 11.6. The van der Waals surface area contributed by atoms with Crippen LogP contribution in [0.5, 0.6) is 0 Å². The fourth-order valence-corrected chi connectivity index (χ4v) is 1.93. The molecule has 0 radical (unpaired) electrons. The standard InChI is InChI=1S/C16H21NO4/c1-11-12(2)21-16(20-11)14-8-5-13(6-9-14)7-10-15(18)17(3)19-4/h5-12,16H,1-4H3/b10-7+/t11-,12-/m0/s1. The van der Waals surface area contributed by atoms with Gasteiger partial charge in [0, 0.05) is 18.7 Å². The Hall–Kier alpha value is -1.69. The minimum atomic E-state index is -0.311.